The van der Waals surface area contributed by atoms with Gasteiger partial charge in [0.1, 0.15) is 12.4 Å². The molecular formula is C9H12O4. The Bertz CT molecular complexity index is 238. The Labute approximate surface area is 76.4 Å². The summed E-state index contributed by atoms with van der Waals surface area (Å²) in [5.74, 6) is 0.218. The van der Waals surface area contributed by atoms with Gasteiger partial charge >= 0.3 is 5.97 Å². The van der Waals surface area contributed by atoms with Gasteiger partial charge in [-0.05, 0) is 12.1 Å². The molecule has 0 atom stereocenters. The first-order valence-corrected chi connectivity index (χ1v) is 3.58. The summed E-state index contributed by atoms with van der Waals surface area (Å²) in [5.41, 5.74) is 0. The van der Waals surface area contributed by atoms with E-state index in [4.69, 9.17) is 9.52 Å². The summed E-state index contributed by atoms with van der Waals surface area (Å²) in [6.45, 7) is 3.15. The first-order chi connectivity index (χ1) is 6.24. The average Bonchev–Trinajstić information content (AvgIpc) is 2.70. The molecule has 0 saturated heterocycles. The normalized spacial score (nSPS) is 8.15. The molecule has 0 aromatic carbocycles. The molecular weight excluding hydrogens is 172 g/mol. The van der Waals surface area contributed by atoms with Crippen LogP contribution < -0.4 is 0 Å². The molecule has 0 bridgehead atoms. The van der Waals surface area contributed by atoms with Gasteiger partial charge in [-0.3, -0.25) is 0 Å². The summed E-state index contributed by atoms with van der Waals surface area (Å²) in [6.07, 6.45) is 2.64. The number of esters is 1. The van der Waals surface area contributed by atoms with Crippen LogP contribution in [0.1, 0.15) is 5.76 Å². The number of carbonyl (C=O) groups excluding carboxylic acids is 1. The zero-order chi connectivity index (χ0) is 10.1. The zero-order valence-corrected chi connectivity index (χ0v) is 7.40. The lowest BCUT2D eigenvalue weighted by Crippen LogP contribution is -1.91. The van der Waals surface area contributed by atoms with Crippen LogP contribution in [0.5, 0.6) is 0 Å². The van der Waals surface area contributed by atoms with Gasteiger partial charge in [0.15, 0.2) is 0 Å². The van der Waals surface area contributed by atoms with Crippen LogP contribution in [0.2, 0.25) is 0 Å². The summed E-state index contributed by atoms with van der Waals surface area (Å²) in [7, 11) is 1.31. The fourth-order valence-corrected chi connectivity index (χ4v) is 0.486. The predicted octanol–water partition coefficient (Wildman–Crippen LogP) is 1.12. The number of hydrogen-bond donors (Lipinski definition) is 1. The van der Waals surface area contributed by atoms with Crippen LogP contribution in [0.15, 0.2) is 35.5 Å². The van der Waals surface area contributed by atoms with E-state index in [1.54, 1.807) is 12.1 Å². The Morgan fingerprint density at radius 2 is 2.54 bits per heavy atom. The van der Waals surface area contributed by atoms with E-state index in [-0.39, 0.29) is 6.61 Å². The maximum absolute atomic E-state index is 9.84. The minimum absolute atomic E-state index is 0.00694. The van der Waals surface area contributed by atoms with E-state index in [0.717, 1.165) is 6.08 Å². The third-order valence-corrected chi connectivity index (χ3v) is 1.10. The van der Waals surface area contributed by atoms with Gasteiger partial charge in [-0.15, -0.1) is 0 Å². The van der Waals surface area contributed by atoms with E-state index in [2.05, 4.69) is 11.3 Å². The molecule has 0 fully saturated rings. The number of aliphatic hydroxyl groups excluding tert-OH is 1. The average molecular weight is 184 g/mol. The number of hydrogen-bond acceptors (Lipinski definition) is 4. The summed E-state index contributed by atoms with van der Waals surface area (Å²) in [5, 5.41) is 8.33. The Kier molecular flexibility index (Phi) is 6.27. The topological polar surface area (TPSA) is 59.7 Å². The summed E-state index contributed by atoms with van der Waals surface area (Å²) >= 11 is 0. The van der Waals surface area contributed by atoms with E-state index in [1.807, 2.05) is 0 Å². The molecule has 4 nitrogen and oxygen atoms in total. The highest BCUT2D eigenvalue weighted by molar-refractivity contribution is 5.80. The highest BCUT2D eigenvalue weighted by atomic mass is 16.5. The number of aliphatic hydroxyl groups is 1. The van der Waals surface area contributed by atoms with Crippen molar-refractivity contribution in [2.75, 3.05) is 7.11 Å². The van der Waals surface area contributed by atoms with Gasteiger partial charge in [0.2, 0.25) is 0 Å². The van der Waals surface area contributed by atoms with Crippen molar-refractivity contribution >= 4 is 5.97 Å². The quantitative estimate of drug-likeness (QED) is 0.552. The predicted molar refractivity (Wildman–Crippen MR) is 46.8 cm³/mol. The Morgan fingerprint density at radius 1 is 1.85 bits per heavy atom. The van der Waals surface area contributed by atoms with E-state index >= 15 is 0 Å². The number of furan rings is 1. The third-order valence-electron chi connectivity index (χ3n) is 1.10. The monoisotopic (exact) mass is 184 g/mol. The van der Waals surface area contributed by atoms with Crippen molar-refractivity contribution in [3.63, 3.8) is 0 Å². The Hall–Kier alpha value is -1.55. The smallest absolute Gasteiger partial charge is 0.329 e. The summed E-state index contributed by atoms with van der Waals surface area (Å²) in [6, 6.07) is 3.46. The van der Waals surface area contributed by atoms with Crippen molar-refractivity contribution in [3.05, 3.63) is 36.8 Å². The van der Waals surface area contributed by atoms with Gasteiger partial charge in [-0.25, -0.2) is 4.79 Å². The van der Waals surface area contributed by atoms with Gasteiger partial charge in [-0.1, -0.05) is 6.58 Å². The molecule has 0 aliphatic heterocycles. The van der Waals surface area contributed by atoms with Gasteiger partial charge in [0.05, 0.1) is 13.4 Å². The van der Waals surface area contributed by atoms with E-state index in [0.29, 0.717) is 5.76 Å². The van der Waals surface area contributed by atoms with Crippen molar-refractivity contribution in [1.82, 2.24) is 0 Å². The van der Waals surface area contributed by atoms with Crippen molar-refractivity contribution in [2.24, 2.45) is 0 Å². The second-order valence-electron chi connectivity index (χ2n) is 1.96. The molecule has 0 aliphatic rings. The molecule has 1 aromatic heterocycles. The van der Waals surface area contributed by atoms with Crippen molar-refractivity contribution in [1.29, 1.82) is 0 Å². The Balaban J connectivity index is 0.000000226. The molecule has 0 radical (unpaired) electrons. The lowest BCUT2D eigenvalue weighted by atomic mass is 10.5. The summed E-state index contributed by atoms with van der Waals surface area (Å²) in [4.78, 5) is 9.84. The van der Waals surface area contributed by atoms with E-state index < -0.39 is 5.97 Å². The second kappa shape index (κ2) is 7.12. The van der Waals surface area contributed by atoms with E-state index in [9.17, 15) is 4.79 Å². The third kappa shape index (κ3) is 5.69. The van der Waals surface area contributed by atoms with Crippen LogP contribution in [0, 0.1) is 0 Å². The fraction of sp³-hybridized carbons (Fsp3) is 0.222. The zero-order valence-electron chi connectivity index (χ0n) is 7.40. The van der Waals surface area contributed by atoms with Crippen molar-refractivity contribution in [2.45, 2.75) is 6.61 Å². The lowest BCUT2D eigenvalue weighted by molar-refractivity contribution is -0.134. The molecule has 1 rings (SSSR count). The highest BCUT2D eigenvalue weighted by Gasteiger charge is 1.85. The number of carbonyl (C=O) groups is 1. The Morgan fingerprint density at radius 3 is 2.69 bits per heavy atom. The molecule has 0 amide bonds. The molecule has 0 aliphatic carbocycles. The van der Waals surface area contributed by atoms with Crippen LogP contribution in [0.4, 0.5) is 0 Å². The van der Waals surface area contributed by atoms with Crippen LogP contribution in [0.25, 0.3) is 0 Å². The van der Waals surface area contributed by atoms with Crippen LogP contribution in [-0.2, 0) is 16.1 Å². The second-order valence-corrected chi connectivity index (χ2v) is 1.96. The molecule has 4 heteroatoms. The van der Waals surface area contributed by atoms with Gasteiger partial charge in [-0.2, -0.15) is 0 Å². The molecule has 1 N–H and O–H groups in total. The molecule has 72 valence electrons. The maximum atomic E-state index is 9.84. The lowest BCUT2D eigenvalue weighted by Gasteiger charge is -1.83. The minimum atomic E-state index is -0.394. The molecule has 1 heterocycles. The van der Waals surface area contributed by atoms with Gasteiger partial charge < -0.3 is 14.3 Å². The van der Waals surface area contributed by atoms with Crippen LogP contribution >= 0.6 is 0 Å². The molecule has 0 spiro atoms. The van der Waals surface area contributed by atoms with E-state index in [1.165, 1.54) is 13.4 Å². The van der Waals surface area contributed by atoms with Gasteiger partial charge in [0.25, 0.3) is 0 Å². The van der Waals surface area contributed by atoms with Gasteiger partial charge in [0, 0.05) is 6.08 Å². The van der Waals surface area contributed by atoms with Crippen LogP contribution in [0.3, 0.4) is 0 Å². The number of rotatable bonds is 2. The SMILES string of the molecule is C=CC(=O)OC.OCc1ccco1. The minimum Gasteiger partial charge on any atom is -0.467 e. The fourth-order valence-electron chi connectivity index (χ4n) is 0.486. The maximum Gasteiger partial charge on any atom is 0.329 e. The first-order valence-electron chi connectivity index (χ1n) is 3.58. The standard InChI is InChI=1S/C5H6O2.C4H6O2/c6-4-5-2-1-3-7-5;1-3-4(5)6-2/h1-3,6H,4H2;3H,1H2,2H3. The molecule has 13 heavy (non-hydrogen) atoms. The van der Waals surface area contributed by atoms with Crippen LogP contribution in [-0.4, -0.2) is 18.2 Å². The summed E-state index contributed by atoms with van der Waals surface area (Å²) < 4.78 is 8.88. The van der Waals surface area contributed by atoms with Crippen molar-refractivity contribution in [3.8, 4) is 0 Å². The molecule has 0 unspecified atom stereocenters. The number of ether oxygens (including phenoxy) is 1. The van der Waals surface area contributed by atoms with Crippen molar-refractivity contribution < 1.29 is 19.1 Å². The highest BCUT2D eigenvalue weighted by Crippen LogP contribution is 1.96. The largest absolute Gasteiger partial charge is 0.467 e. The first kappa shape index (κ1) is 11.4. The number of methoxy groups -OCH3 is 1. The molecule has 0 saturated carbocycles. The molecule has 1 aromatic rings.